The van der Waals surface area contributed by atoms with Crippen molar-refractivity contribution in [2.45, 2.75) is 24.8 Å². The Morgan fingerprint density at radius 2 is 2.10 bits per heavy atom. The minimum atomic E-state index is -3.79. The van der Waals surface area contributed by atoms with Crippen molar-refractivity contribution in [2.75, 3.05) is 25.6 Å². The van der Waals surface area contributed by atoms with Gasteiger partial charge in [-0.1, -0.05) is 0 Å². The van der Waals surface area contributed by atoms with Gasteiger partial charge in [-0.2, -0.15) is 0 Å². The number of aromatic carboxylic acids is 1. The number of hydrogen-bond donors (Lipinski definition) is 3. The van der Waals surface area contributed by atoms with Crippen LogP contribution in [-0.4, -0.2) is 45.8 Å². The van der Waals surface area contributed by atoms with Crippen LogP contribution in [-0.2, 0) is 14.8 Å². The molecule has 0 aliphatic heterocycles. The number of carboxylic acid groups (broad SMARTS) is 1. The molecule has 1 aromatic rings. The molecule has 0 bridgehead atoms. The van der Waals surface area contributed by atoms with E-state index in [1.807, 2.05) is 6.92 Å². The largest absolute Gasteiger partial charge is 0.478 e. The highest BCUT2D eigenvalue weighted by molar-refractivity contribution is 7.89. The fourth-order valence-corrected chi connectivity index (χ4v) is 3.08. The van der Waals surface area contributed by atoms with Crippen LogP contribution < -0.4 is 10.0 Å². The summed E-state index contributed by atoms with van der Waals surface area (Å²) in [7, 11) is -2.32. The van der Waals surface area contributed by atoms with Crippen LogP contribution in [0.2, 0.25) is 0 Å². The quantitative estimate of drug-likeness (QED) is 0.664. The summed E-state index contributed by atoms with van der Waals surface area (Å²) >= 11 is 0. The van der Waals surface area contributed by atoms with Crippen LogP contribution >= 0.6 is 0 Å². The molecule has 1 aromatic carbocycles. The first-order chi connectivity index (χ1) is 9.81. The van der Waals surface area contributed by atoms with Crippen LogP contribution in [0, 0.1) is 0 Å². The van der Waals surface area contributed by atoms with Gasteiger partial charge < -0.3 is 15.2 Å². The SMILES string of the molecule is CCNc1ccc(S(=O)(=O)NC(C)COC)cc1C(=O)O. The molecule has 1 atom stereocenters. The standard InChI is InChI=1S/C13H20N2O5S/c1-4-14-12-6-5-10(7-11(12)13(16)17)21(18,19)15-9(2)8-20-3/h5-7,9,14-15H,4,8H2,1-3H3,(H,16,17). The third-order valence-electron chi connectivity index (χ3n) is 2.67. The maximum Gasteiger partial charge on any atom is 0.337 e. The Bertz CT molecular complexity index is 601. The second-order valence-corrected chi connectivity index (χ2v) is 6.23. The van der Waals surface area contributed by atoms with Crippen LogP contribution in [0.15, 0.2) is 23.1 Å². The normalized spacial score (nSPS) is 12.9. The molecular formula is C13H20N2O5S. The molecule has 1 unspecified atom stereocenters. The van der Waals surface area contributed by atoms with Crippen LogP contribution in [0.3, 0.4) is 0 Å². The molecule has 0 spiro atoms. The summed E-state index contributed by atoms with van der Waals surface area (Å²) in [6.45, 7) is 4.24. The fourth-order valence-electron chi connectivity index (χ4n) is 1.83. The molecule has 0 aliphatic carbocycles. The highest BCUT2D eigenvalue weighted by atomic mass is 32.2. The highest BCUT2D eigenvalue weighted by Gasteiger charge is 2.20. The van der Waals surface area contributed by atoms with Crippen molar-refractivity contribution in [1.29, 1.82) is 0 Å². The first-order valence-corrected chi connectivity index (χ1v) is 7.92. The van der Waals surface area contributed by atoms with Gasteiger partial charge in [-0.15, -0.1) is 0 Å². The molecular weight excluding hydrogens is 296 g/mol. The Hall–Kier alpha value is -1.64. The number of sulfonamides is 1. The van der Waals surface area contributed by atoms with E-state index in [9.17, 15) is 18.3 Å². The number of hydrogen-bond acceptors (Lipinski definition) is 5. The molecule has 118 valence electrons. The predicted octanol–water partition coefficient (Wildman–Crippen LogP) is 1.13. The molecule has 0 amide bonds. The minimum Gasteiger partial charge on any atom is -0.478 e. The average Bonchev–Trinajstić information content (AvgIpc) is 2.38. The number of carbonyl (C=O) groups is 1. The minimum absolute atomic E-state index is 0.0841. The molecule has 0 saturated carbocycles. The summed E-state index contributed by atoms with van der Waals surface area (Å²) in [5.41, 5.74) is 0.299. The summed E-state index contributed by atoms with van der Waals surface area (Å²) < 4.78 is 31.7. The van der Waals surface area contributed by atoms with E-state index < -0.39 is 22.0 Å². The molecule has 7 nitrogen and oxygen atoms in total. The topological polar surface area (TPSA) is 105 Å². The molecule has 0 aromatic heterocycles. The van der Waals surface area contributed by atoms with Crippen molar-refractivity contribution in [1.82, 2.24) is 4.72 Å². The van der Waals surface area contributed by atoms with Gasteiger partial charge >= 0.3 is 5.97 Å². The van der Waals surface area contributed by atoms with Gasteiger partial charge in [0.05, 0.1) is 17.1 Å². The lowest BCUT2D eigenvalue weighted by Crippen LogP contribution is -2.35. The number of ether oxygens (including phenoxy) is 1. The first-order valence-electron chi connectivity index (χ1n) is 6.44. The Morgan fingerprint density at radius 3 is 2.62 bits per heavy atom. The van der Waals surface area contributed by atoms with Gasteiger partial charge in [-0.05, 0) is 32.0 Å². The second kappa shape index (κ2) is 7.39. The number of nitrogens with one attached hydrogen (secondary N) is 2. The molecule has 1 rings (SSSR count). The van der Waals surface area contributed by atoms with Crippen molar-refractivity contribution < 1.29 is 23.1 Å². The molecule has 21 heavy (non-hydrogen) atoms. The molecule has 0 fully saturated rings. The van der Waals surface area contributed by atoms with E-state index in [4.69, 9.17) is 4.74 Å². The van der Waals surface area contributed by atoms with E-state index in [2.05, 4.69) is 10.0 Å². The molecule has 0 heterocycles. The molecule has 0 radical (unpaired) electrons. The van der Waals surface area contributed by atoms with Crippen LogP contribution in [0.25, 0.3) is 0 Å². The van der Waals surface area contributed by atoms with E-state index in [-0.39, 0.29) is 17.1 Å². The Kier molecular flexibility index (Phi) is 6.13. The third kappa shape index (κ3) is 4.69. The van der Waals surface area contributed by atoms with Gasteiger partial charge in [0.25, 0.3) is 0 Å². The number of methoxy groups -OCH3 is 1. The lowest BCUT2D eigenvalue weighted by molar-refractivity contribution is 0.0697. The van der Waals surface area contributed by atoms with Gasteiger partial charge in [0.15, 0.2) is 0 Å². The van der Waals surface area contributed by atoms with E-state index in [0.29, 0.717) is 12.2 Å². The summed E-state index contributed by atoms with van der Waals surface area (Å²) in [5.74, 6) is -1.19. The molecule has 0 saturated heterocycles. The Labute approximate surface area is 124 Å². The maximum absolute atomic E-state index is 12.2. The lowest BCUT2D eigenvalue weighted by Gasteiger charge is -2.14. The highest BCUT2D eigenvalue weighted by Crippen LogP contribution is 2.20. The van der Waals surface area contributed by atoms with Gasteiger partial charge in [0, 0.05) is 25.4 Å². The average molecular weight is 316 g/mol. The summed E-state index contributed by atoms with van der Waals surface area (Å²) in [6.07, 6.45) is 0. The van der Waals surface area contributed by atoms with E-state index >= 15 is 0 Å². The second-order valence-electron chi connectivity index (χ2n) is 4.52. The van der Waals surface area contributed by atoms with Crippen molar-refractivity contribution in [3.8, 4) is 0 Å². The van der Waals surface area contributed by atoms with E-state index in [1.165, 1.54) is 19.2 Å². The summed E-state index contributed by atoms with van der Waals surface area (Å²) in [5, 5.41) is 12.1. The van der Waals surface area contributed by atoms with Crippen molar-refractivity contribution in [3.05, 3.63) is 23.8 Å². The Morgan fingerprint density at radius 1 is 1.43 bits per heavy atom. The summed E-state index contributed by atoms with van der Waals surface area (Å²) in [4.78, 5) is 11.1. The van der Waals surface area contributed by atoms with Crippen molar-refractivity contribution in [2.24, 2.45) is 0 Å². The van der Waals surface area contributed by atoms with Gasteiger partial charge in [0.1, 0.15) is 0 Å². The summed E-state index contributed by atoms with van der Waals surface area (Å²) in [6, 6.07) is 3.54. The smallest absolute Gasteiger partial charge is 0.337 e. The van der Waals surface area contributed by atoms with E-state index in [0.717, 1.165) is 6.07 Å². The Balaban J connectivity index is 3.13. The zero-order valence-corrected chi connectivity index (χ0v) is 13.0. The number of carboxylic acids is 1. The number of anilines is 1. The maximum atomic E-state index is 12.2. The van der Waals surface area contributed by atoms with Crippen LogP contribution in [0.4, 0.5) is 5.69 Å². The van der Waals surface area contributed by atoms with Gasteiger partial charge in [-0.25, -0.2) is 17.9 Å². The fraction of sp³-hybridized carbons (Fsp3) is 0.462. The van der Waals surface area contributed by atoms with Crippen LogP contribution in [0.5, 0.6) is 0 Å². The zero-order chi connectivity index (χ0) is 16.0. The van der Waals surface area contributed by atoms with Crippen molar-refractivity contribution in [3.63, 3.8) is 0 Å². The van der Waals surface area contributed by atoms with Crippen molar-refractivity contribution >= 4 is 21.7 Å². The lowest BCUT2D eigenvalue weighted by atomic mass is 10.2. The van der Waals surface area contributed by atoms with Gasteiger partial charge in [0.2, 0.25) is 10.0 Å². The molecule has 3 N–H and O–H groups in total. The molecule has 8 heteroatoms. The third-order valence-corrected chi connectivity index (χ3v) is 4.26. The van der Waals surface area contributed by atoms with Crippen LogP contribution in [0.1, 0.15) is 24.2 Å². The first kappa shape index (κ1) is 17.4. The predicted molar refractivity (Wildman–Crippen MR) is 79.2 cm³/mol. The monoisotopic (exact) mass is 316 g/mol. The number of benzene rings is 1. The molecule has 0 aliphatic rings. The van der Waals surface area contributed by atoms with Gasteiger partial charge in [-0.3, -0.25) is 0 Å². The zero-order valence-electron chi connectivity index (χ0n) is 12.2. The number of rotatable bonds is 8. The van der Waals surface area contributed by atoms with E-state index in [1.54, 1.807) is 6.92 Å².